The Bertz CT molecular complexity index is 3660. The van der Waals surface area contributed by atoms with Crippen molar-refractivity contribution in [3.05, 3.63) is 270 Å². The highest BCUT2D eigenvalue weighted by atomic mass is 16.3. The van der Waals surface area contributed by atoms with Crippen molar-refractivity contribution in [3.8, 4) is 44.5 Å². The van der Waals surface area contributed by atoms with Gasteiger partial charge in [-0.15, -0.1) is 0 Å². The second-order valence-corrected chi connectivity index (χ2v) is 18.4. The van der Waals surface area contributed by atoms with E-state index in [1.165, 1.54) is 72.3 Å². The van der Waals surface area contributed by atoms with E-state index in [0.717, 1.165) is 44.6 Å². The summed E-state index contributed by atoms with van der Waals surface area (Å²) >= 11 is 0. The zero-order chi connectivity index (χ0) is 44.0. The lowest BCUT2D eigenvalue weighted by molar-refractivity contribution is 0.660. The molecule has 0 aliphatic heterocycles. The van der Waals surface area contributed by atoms with Gasteiger partial charge in [0, 0.05) is 27.6 Å². The molecular weight excluding hydrogens is 799 g/mol. The summed E-state index contributed by atoms with van der Waals surface area (Å²) in [5.74, 6) is 0. The molecule has 0 N–H and O–H groups in total. The normalized spacial score (nSPS) is 15.3. The summed E-state index contributed by atoms with van der Waals surface area (Å²) < 4.78 is 6.72. The average molecular weight is 844 g/mol. The summed E-state index contributed by atoms with van der Waals surface area (Å²) in [5, 5.41) is 2.22. The minimum atomic E-state index is -0.478. The van der Waals surface area contributed by atoms with Crippen LogP contribution in [0.2, 0.25) is 0 Å². The molecule has 0 fully saturated rings. The van der Waals surface area contributed by atoms with Gasteiger partial charge in [-0.3, -0.25) is 0 Å². The fourth-order valence-electron chi connectivity index (χ4n) is 11.5. The van der Waals surface area contributed by atoms with Gasteiger partial charge in [-0.1, -0.05) is 208 Å². The summed E-state index contributed by atoms with van der Waals surface area (Å²) in [6, 6.07) is 86.9. The van der Waals surface area contributed by atoms with Gasteiger partial charge in [-0.25, -0.2) is 0 Å². The number of para-hydroxylation sites is 2. The lowest BCUT2D eigenvalue weighted by Crippen LogP contribution is -2.28. The Morgan fingerprint density at radius 3 is 1.65 bits per heavy atom. The molecule has 11 aromatic rings. The van der Waals surface area contributed by atoms with E-state index >= 15 is 0 Å². The van der Waals surface area contributed by atoms with E-state index < -0.39 is 5.41 Å². The van der Waals surface area contributed by atoms with Gasteiger partial charge >= 0.3 is 0 Å². The van der Waals surface area contributed by atoms with E-state index in [1.807, 2.05) is 6.07 Å². The first kappa shape index (κ1) is 38.3. The summed E-state index contributed by atoms with van der Waals surface area (Å²) in [6.45, 7) is 4.68. The smallest absolute Gasteiger partial charge is 0.159 e. The van der Waals surface area contributed by atoms with Gasteiger partial charge in [-0.2, -0.15) is 0 Å². The highest BCUT2D eigenvalue weighted by Crippen LogP contribution is 2.57. The van der Waals surface area contributed by atoms with Crippen LogP contribution in [0.3, 0.4) is 0 Å². The van der Waals surface area contributed by atoms with E-state index in [9.17, 15) is 0 Å². The molecule has 2 nitrogen and oxygen atoms in total. The van der Waals surface area contributed by atoms with Crippen molar-refractivity contribution in [1.82, 2.24) is 0 Å². The third-order valence-corrected chi connectivity index (χ3v) is 14.6. The lowest BCUT2D eigenvalue weighted by Gasteiger charge is -2.34. The number of nitrogens with zero attached hydrogens (tertiary/aromatic N) is 1. The number of hydrogen-bond donors (Lipinski definition) is 0. The topological polar surface area (TPSA) is 16.4 Å². The molecule has 0 radical (unpaired) electrons. The van der Waals surface area contributed by atoms with Gasteiger partial charge in [0.05, 0.1) is 11.1 Å². The molecule has 312 valence electrons. The number of rotatable bonds is 7. The van der Waals surface area contributed by atoms with Gasteiger partial charge < -0.3 is 9.32 Å². The first-order chi connectivity index (χ1) is 32.5. The van der Waals surface area contributed by atoms with Crippen molar-refractivity contribution in [3.63, 3.8) is 0 Å². The lowest BCUT2D eigenvalue weighted by atomic mass is 9.67. The van der Waals surface area contributed by atoms with Gasteiger partial charge in [0.15, 0.2) is 5.58 Å². The summed E-state index contributed by atoms with van der Waals surface area (Å²) in [6.07, 6.45) is 0. The molecule has 0 amide bonds. The van der Waals surface area contributed by atoms with Crippen LogP contribution in [0, 0.1) is 0 Å². The maximum Gasteiger partial charge on any atom is 0.159 e. The van der Waals surface area contributed by atoms with Gasteiger partial charge in [0.2, 0.25) is 0 Å². The maximum atomic E-state index is 6.72. The molecule has 0 saturated heterocycles. The number of anilines is 3. The fourth-order valence-corrected chi connectivity index (χ4v) is 11.5. The van der Waals surface area contributed by atoms with Crippen LogP contribution >= 0.6 is 0 Å². The summed E-state index contributed by atoms with van der Waals surface area (Å²) in [5.41, 5.74) is 22.1. The Morgan fingerprint density at radius 2 is 0.864 bits per heavy atom. The molecule has 0 saturated carbocycles. The van der Waals surface area contributed by atoms with E-state index in [0.29, 0.717) is 0 Å². The molecule has 1 heterocycles. The van der Waals surface area contributed by atoms with Crippen molar-refractivity contribution in [2.75, 3.05) is 4.90 Å². The first-order valence-corrected chi connectivity index (χ1v) is 23.0. The Kier molecular flexibility index (Phi) is 8.51. The molecule has 2 aliphatic rings. The van der Waals surface area contributed by atoms with Crippen molar-refractivity contribution in [1.29, 1.82) is 0 Å². The molecule has 1 aromatic heterocycles. The van der Waals surface area contributed by atoms with Crippen LogP contribution in [-0.2, 0) is 10.8 Å². The molecule has 66 heavy (non-hydrogen) atoms. The van der Waals surface area contributed by atoms with Crippen molar-refractivity contribution in [2.45, 2.75) is 24.7 Å². The Labute approximate surface area is 385 Å². The third-order valence-electron chi connectivity index (χ3n) is 14.6. The van der Waals surface area contributed by atoms with Crippen LogP contribution in [-0.4, -0.2) is 0 Å². The van der Waals surface area contributed by atoms with Crippen LogP contribution in [0.5, 0.6) is 0 Å². The fraction of sp³-hybridized carbons (Fsp3) is 0.0625. The number of hydrogen-bond acceptors (Lipinski definition) is 2. The zero-order valence-electron chi connectivity index (χ0n) is 36.9. The SMILES string of the molecule is CC1(C)c2ccccc2-c2cc(N(c3ccc(-c4ccc5c(c4)-c4ccccc4C5(c4ccccc4)c4ccc(-c5ccccc5)cc4)cc3)c3cccc4c3oc3ccccc34)ccc21. The Balaban J connectivity index is 0.945. The Morgan fingerprint density at radius 1 is 0.348 bits per heavy atom. The monoisotopic (exact) mass is 843 g/mol. The molecule has 13 rings (SSSR count). The zero-order valence-corrected chi connectivity index (χ0v) is 36.9. The van der Waals surface area contributed by atoms with Crippen LogP contribution in [0.1, 0.15) is 47.2 Å². The van der Waals surface area contributed by atoms with Gasteiger partial charge in [-0.05, 0) is 120 Å². The predicted molar refractivity (Wildman–Crippen MR) is 274 cm³/mol. The first-order valence-electron chi connectivity index (χ1n) is 23.0. The highest BCUT2D eigenvalue weighted by Gasteiger charge is 2.46. The van der Waals surface area contributed by atoms with Gasteiger partial charge in [0.1, 0.15) is 5.58 Å². The minimum Gasteiger partial charge on any atom is -0.454 e. The number of fused-ring (bicyclic) bond motifs is 9. The van der Waals surface area contributed by atoms with Crippen LogP contribution in [0.25, 0.3) is 66.4 Å². The minimum absolute atomic E-state index is 0.0835. The predicted octanol–water partition coefficient (Wildman–Crippen LogP) is 17.1. The van der Waals surface area contributed by atoms with Crippen LogP contribution in [0.4, 0.5) is 17.1 Å². The maximum absolute atomic E-state index is 6.72. The third kappa shape index (κ3) is 5.61. The second kappa shape index (κ2) is 14.7. The standard InChI is InChI=1S/C64H45NO/c1-63(2)56-24-12-9-20-50(56)55-41-49(37-39-57(55)63)65(60-26-15-23-53-52-22-11-14-27-61(52)66-62(53)60)48-35-30-44(31-36-48)45-32-38-59-54(40-45)51-21-10-13-25-58(51)64(59,46-18-7-4-8-19-46)47-33-28-43(29-34-47)42-16-5-3-6-17-42/h3-41H,1-2H3. The quantitative estimate of drug-likeness (QED) is 0.159. The van der Waals surface area contributed by atoms with E-state index in [4.69, 9.17) is 4.42 Å². The summed E-state index contributed by atoms with van der Waals surface area (Å²) in [7, 11) is 0. The van der Waals surface area contributed by atoms with E-state index in [1.54, 1.807) is 0 Å². The summed E-state index contributed by atoms with van der Waals surface area (Å²) in [4.78, 5) is 2.37. The number of furan rings is 1. The average Bonchev–Trinajstić information content (AvgIpc) is 3.99. The largest absolute Gasteiger partial charge is 0.454 e. The molecule has 1 atom stereocenters. The van der Waals surface area contributed by atoms with Crippen LogP contribution in [0.15, 0.2) is 241 Å². The van der Waals surface area contributed by atoms with Crippen molar-refractivity contribution >= 4 is 39.0 Å². The number of benzene rings is 10. The molecular formula is C64H45NO. The molecule has 0 spiro atoms. The molecule has 2 heteroatoms. The molecule has 0 bridgehead atoms. The van der Waals surface area contributed by atoms with Crippen molar-refractivity contribution in [2.24, 2.45) is 0 Å². The van der Waals surface area contributed by atoms with Crippen molar-refractivity contribution < 1.29 is 4.42 Å². The molecule has 1 unspecified atom stereocenters. The second-order valence-electron chi connectivity index (χ2n) is 18.4. The highest BCUT2D eigenvalue weighted by molar-refractivity contribution is 6.10. The van der Waals surface area contributed by atoms with E-state index in [2.05, 4.69) is 249 Å². The van der Waals surface area contributed by atoms with Gasteiger partial charge in [0.25, 0.3) is 0 Å². The van der Waals surface area contributed by atoms with E-state index in [-0.39, 0.29) is 5.41 Å². The Hall–Kier alpha value is -8.20. The molecule has 10 aromatic carbocycles. The molecule has 2 aliphatic carbocycles. The van der Waals surface area contributed by atoms with Crippen LogP contribution < -0.4 is 4.90 Å².